The summed E-state index contributed by atoms with van der Waals surface area (Å²) in [6, 6.07) is 33.2. The molecule has 0 aliphatic heterocycles. The van der Waals surface area contributed by atoms with Crippen LogP contribution < -0.4 is 0 Å². The minimum absolute atomic E-state index is 0. The minimum atomic E-state index is 0. The zero-order valence-corrected chi connectivity index (χ0v) is 25.9. The SMILES string of the molecule is Cc1cccc(C(S)=C(S)c2cccc(C)c2)c1.Cc1cccc(C(S)=C(S)c2cccc(C)c2)c1.[Ni]. The van der Waals surface area contributed by atoms with E-state index in [1.807, 2.05) is 24.3 Å². The average molecular weight is 604 g/mol. The Morgan fingerprint density at radius 3 is 0.730 bits per heavy atom. The molecule has 0 unspecified atom stereocenters. The van der Waals surface area contributed by atoms with Crippen molar-refractivity contribution < 1.29 is 16.5 Å². The van der Waals surface area contributed by atoms with Crippen molar-refractivity contribution in [3.8, 4) is 0 Å². The molecular formula is C32H32NiS4. The van der Waals surface area contributed by atoms with Crippen molar-refractivity contribution in [3.05, 3.63) is 142 Å². The third-order valence-electron chi connectivity index (χ3n) is 5.61. The smallest absolute Gasteiger partial charge is 0.0253 e. The van der Waals surface area contributed by atoms with Gasteiger partial charge in [0.1, 0.15) is 0 Å². The van der Waals surface area contributed by atoms with Gasteiger partial charge in [-0.2, -0.15) is 0 Å². The molecule has 0 heterocycles. The standard InChI is InChI=1S/2C16H16S2.Ni/c2*1-11-5-3-7-13(9-11)15(17)16(18)14-8-4-6-12(2)10-14;/h2*3-10,17-18H,1-2H3;. The second-order valence-corrected chi connectivity index (χ2v) is 10.7. The molecule has 0 N–H and O–H groups in total. The number of hydrogen-bond acceptors (Lipinski definition) is 4. The molecule has 4 rings (SSSR count). The van der Waals surface area contributed by atoms with Crippen LogP contribution in [0.1, 0.15) is 44.5 Å². The van der Waals surface area contributed by atoms with Crippen molar-refractivity contribution in [2.24, 2.45) is 0 Å². The van der Waals surface area contributed by atoms with Gasteiger partial charge in [0.05, 0.1) is 0 Å². The van der Waals surface area contributed by atoms with Crippen LogP contribution in [0.2, 0.25) is 0 Å². The van der Waals surface area contributed by atoms with E-state index >= 15 is 0 Å². The maximum absolute atomic E-state index is 4.61. The Labute approximate surface area is 254 Å². The number of hydrogen-bond donors (Lipinski definition) is 4. The van der Waals surface area contributed by atoms with Crippen molar-refractivity contribution in [1.82, 2.24) is 0 Å². The average Bonchev–Trinajstić information content (AvgIpc) is 2.87. The van der Waals surface area contributed by atoms with Gasteiger partial charge in [0, 0.05) is 36.1 Å². The molecule has 37 heavy (non-hydrogen) atoms. The summed E-state index contributed by atoms with van der Waals surface area (Å²) in [5, 5.41) is 0. The fourth-order valence-corrected chi connectivity index (χ4v) is 4.79. The van der Waals surface area contributed by atoms with Gasteiger partial charge in [0.2, 0.25) is 0 Å². The zero-order chi connectivity index (χ0) is 26.2. The molecule has 0 aromatic heterocycles. The first kappa shape index (κ1) is 31.5. The van der Waals surface area contributed by atoms with Gasteiger partial charge in [-0.05, 0) is 49.9 Å². The van der Waals surface area contributed by atoms with E-state index in [4.69, 9.17) is 0 Å². The van der Waals surface area contributed by atoms with E-state index in [0.717, 1.165) is 41.9 Å². The predicted octanol–water partition coefficient (Wildman–Crippen LogP) is 9.98. The molecule has 0 aliphatic carbocycles. The quantitative estimate of drug-likeness (QED) is 0.0996. The maximum atomic E-state index is 4.61. The van der Waals surface area contributed by atoms with Crippen LogP contribution in [0.15, 0.2) is 97.1 Å². The van der Waals surface area contributed by atoms with Gasteiger partial charge in [0.25, 0.3) is 0 Å². The second-order valence-electron chi connectivity index (χ2n) is 8.87. The van der Waals surface area contributed by atoms with E-state index in [1.165, 1.54) is 22.3 Å². The molecule has 0 radical (unpaired) electrons. The fraction of sp³-hybridized carbons (Fsp3) is 0.125. The van der Waals surface area contributed by atoms with Crippen molar-refractivity contribution >= 4 is 70.1 Å². The zero-order valence-electron chi connectivity index (χ0n) is 21.3. The van der Waals surface area contributed by atoms with Gasteiger partial charge in [-0.3, -0.25) is 0 Å². The molecule has 5 heteroatoms. The molecule has 0 nitrogen and oxygen atoms in total. The van der Waals surface area contributed by atoms with Crippen molar-refractivity contribution in [3.63, 3.8) is 0 Å². The molecule has 0 atom stereocenters. The summed E-state index contributed by atoms with van der Waals surface area (Å²) in [7, 11) is 0. The molecule has 0 aliphatic rings. The van der Waals surface area contributed by atoms with Gasteiger partial charge in [-0.15, -0.1) is 50.5 Å². The Balaban J connectivity index is 0.000000253. The van der Waals surface area contributed by atoms with Crippen molar-refractivity contribution in [2.75, 3.05) is 0 Å². The number of aryl methyl sites for hydroxylation is 4. The Kier molecular flexibility index (Phi) is 12.8. The van der Waals surface area contributed by atoms with Crippen molar-refractivity contribution in [1.29, 1.82) is 0 Å². The Bertz CT molecular complexity index is 1200. The second kappa shape index (κ2) is 15.0. The monoisotopic (exact) mass is 602 g/mol. The summed E-state index contributed by atoms with van der Waals surface area (Å²) in [5.74, 6) is 0. The first-order chi connectivity index (χ1) is 17.2. The first-order valence-electron chi connectivity index (χ1n) is 11.7. The Morgan fingerprint density at radius 2 is 0.568 bits per heavy atom. The molecule has 0 bridgehead atoms. The Morgan fingerprint density at radius 1 is 0.378 bits per heavy atom. The van der Waals surface area contributed by atoms with Crippen LogP contribution in [-0.4, -0.2) is 0 Å². The van der Waals surface area contributed by atoms with Crippen LogP contribution in [0.5, 0.6) is 0 Å². The molecular weight excluding hydrogens is 571 g/mol. The topological polar surface area (TPSA) is 0 Å². The number of benzene rings is 4. The van der Waals surface area contributed by atoms with Crippen LogP contribution in [-0.2, 0) is 16.5 Å². The van der Waals surface area contributed by atoms with Gasteiger partial charge in [-0.25, -0.2) is 0 Å². The van der Waals surface area contributed by atoms with Gasteiger partial charge in [-0.1, -0.05) is 119 Å². The third-order valence-corrected chi connectivity index (χ3v) is 7.89. The van der Waals surface area contributed by atoms with Crippen LogP contribution in [0, 0.1) is 27.7 Å². The van der Waals surface area contributed by atoms with E-state index in [-0.39, 0.29) is 16.5 Å². The van der Waals surface area contributed by atoms with Crippen LogP contribution in [0.25, 0.3) is 19.6 Å². The summed E-state index contributed by atoms with van der Waals surface area (Å²) < 4.78 is 0. The Hall–Kier alpha value is -1.75. The molecule has 0 saturated carbocycles. The molecule has 0 spiro atoms. The molecule has 0 fully saturated rings. The number of rotatable bonds is 4. The van der Waals surface area contributed by atoms with Crippen LogP contribution in [0.4, 0.5) is 0 Å². The maximum Gasteiger partial charge on any atom is 0.0253 e. The van der Waals surface area contributed by atoms with E-state index < -0.39 is 0 Å². The molecule has 0 saturated heterocycles. The van der Waals surface area contributed by atoms with E-state index in [1.54, 1.807) is 0 Å². The largest absolute Gasteiger partial charge is 0.142 e. The van der Waals surface area contributed by atoms with E-state index in [9.17, 15) is 0 Å². The van der Waals surface area contributed by atoms with Crippen molar-refractivity contribution in [2.45, 2.75) is 27.7 Å². The van der Waals surface area contributed by atoms with Gasteiger partial charge >= 0.3 is 0 Å². The summed E-state index contributed by atoms with van der Waals surface area (Å²) >= 11 is 18.4. The normalized spacial score (nSPS) is 11.9. The summed E-state index contributed by atoms with van der Waals surface area (Å²) in [6.07, 6.45) is 0. The molecule has 0 amide bonds. The van der Waals surface area contributed by atoms with Gasteiger partial charge in [0.15, 0.2) is 0 Å². The van der Waals surface area contributed by atoms with Gasteiger partial charge < -0.3 is 0 Å². The molecule has 4 aromatic rings. The van der Waals surface area contributed by atoms with E-state index in [0.29, 0.717) is 0 Å². The summed E-state index contributed by atoms with van der Waals surface area (Å²) in [6.45, 7) is 8.32. The predicted molar refractivity (Wildman–Crippen MR) is 174 cm³/mol. The molecule has 4 aromatic carbocycles. The first-order valence-corrected chi connectivity index (χ1v) is 13.5. The van der Waals surface area contributed by atoms with Crippen LogP contribution >= 0.6 is 50.5 Å². The summed E-state index contributed by atoms with van der Waals surface area (Å²) in [5.41, 5.74) is 9.31. The van der Waals surface area contributed by atoms with E-state index in [2.05, 4.69) is 151 Å². The molecule has 194 valence electrons. The minimum Gasteiger partial charge on any atom is -0.142 e. The fourth-order valence-electron chi connectivity index (χ4n) is 3.72. The van der Waals surface area contributed by atoms with Crippen LogP contribution in [0.3, 0.4) is 0 Å². The third kappa shape index (κ3) is 9.19. The number of thiol groups is 4. The summed E-state index contributed by atoms with van der Waals surface area (Å²) in [4.78, 5) is 3.64.